The molecule has 2 rings (SSSR count). The van der Waals surface area contributed by atoms with Gasteiger partial charge in [0.1, 0.15) is 5.82 Å². The molecule has 0 saturated carbocycles. The molecular weight excluding hydrogens is 201 g/mol. The lowest BCUT2D eigenvalue weighted by Crippen LogP contribution is -1.90. The molecule has 1 heterocycles. The van der Waals surface area contributed by atoms with Gasteiger partial charge in [0.2, 0.25) is 0 Å². The molecule has 1 aromatic carbocycles. The van der Waals surface area contributed by atoms with Crippen molar-refractivity contribution >= 4 is 0 Å². The number of pyridine rings is 1. The van der Waals surface area contributed by atoms with Gasteiger partial charge in [0.25, 0.3) is 0 Å². The van der Waals surface area contributed by atoms with Crippen LogP contribution in [0.4, 0.5) is 4.39 Å². The molecule has 0 fully saturated rings. The zero-order valence-corrected chi connectivity index (χ0v) is 8.99. The highest BCUT2D eigenvalue weighted by molar-refractivity contribution is 5.59. The van der Waals surface area contributed by atoms with Gasteiger partial charge in [0.05, 0.1) is 5.69 Å². The predicted octanol–water partition coefficient (Wildman–Crippen LogP) is 3.65. The monoisotopic (exact) mass is 214 g/mol. The summed E-state index contributed by atoms with van der Waals surface area (Å²) in [7, 11) is 0. The summed E-state index contributed by atoms with van der Waals surface area (Å²) in [6.07, 6.45) is 3.54. The molecule has 0 aliphatic heterocycles. The standard InChI is InChI=1S/C14H13FN/c1-2-5-11-8-9-14(16-10-11)12-6-3-4-7-13(12)15/h3-4,6-10H,1-2,5H2. The van der Waals surface area contributed by atoms with Crippen molar-refractivity contribution in [2.45, 2.75) is 12.8 Å². The second kappa shape index (κ2) is 4.88. The number of hydrogen-bond acceptors (Lipinski definition) is 1. The Kier molecular flexibility index (Phi) is 3.30. The molecule has 2 heteroatoms. The van der Waals surface area contributed by atoms with E-state index >= 15 is 0 Å². The molecule has 0 atom stereocenters. The molecular formula is C14H13FN. The molecule has 0 unspecified atom stereocenters. The largest absolute Gasteiger partial charge is 0.256 e. The fourth-order valence-electron chi connectivity index (χ4n) is 1.60. The summed E-state index contributed by atoms with van der Waals surface area (Å²) in [5.41, 5.74) is 2.35. The van der Waals surface area contributed by atoms with Gasteiger partial charge in [-0.1, -0.05) is 25.1 Å². The highest BCUT2D eigenvalue weighted by atomic mass is 19.1. The van der Waals surface area contributed by atoms with Gasteiger partial charge < -0.3 is 0 Å². The van der Waals surface area contributed by atoms with E-state index in [4.69, 9.17) is 0 Å². The van der Waals surface area contributed by atoms with Gasteiger partial charge in [-0.05, 0) is 36.6 Å². The number of hydrogen-bond donors (Lipinski definition) is 0. The van der Waals surface area contributed by atoms with Crippen LogP contribution in [-0.2, 0) is 6.42 Å². The average Bonchev–Trinajstić information content (AvgIpc) is 2.31. The Balaban J connectivity index is 2.31. The molecule has 1 radical (unpaired) electrons. The minimum atomic E-state index is -0.236. The van der Waals surface area contributed by atoms with Crippen molar-refractivity contribution in [3.8, 4) is 11.3 Å². The summed E-state index contributed by atoms with van der Waals surface area (Å²) >= 11 is 0. The topological polar surface area (TPSA) is 12.9 Å². The normalized spacial score (nSPS) is 10.4. The molecule has 0 N–H and O–H groups in total. The SMILES string of the molecule is [CH2]CCc1ccc(-c2ccccc2F)nc1. The highest BCUT2D eigenvalue weighted by Gasteiger charge is 2.04. The number of rotatable bonds is 3. The maximum Gasteiger partial charge on any atom is 0.132 e. The van der Waals surface area contributed by atoms with Crippen molar-refractivity contribution in [1.29, 1.82) is 0 Å². The fraction of sp³-hybridized carbons (Fsp3) is 0.143. The minimum absolute atomic E-state index is 0.236. The molecule has 0 spiro atoms. The van der Waals surface area contributed by atoms with Gasteiger partial charge in [-0.2, -0.15) is 0 Å². The molecule has 1 nitrogen and oxygen atoms in total. The number of nitrogens with zero attached hydrogens (tertiary/aromatic N) is 1. The maximum absolute atomic E-state index is 13.5. The van der Waals surface area contributed by atoms with Crippen molar-refractivity contribution in [3.05, 3.63) is 60.9 Å². The van der Waals surface area contributed by atoms with Crippen molar-refractivity contribution in [2.75, 3.05) is 0 Å². The second-order valence-electron chi connectivity index (χ2n) is 3.64. The molecule has 0 amide bonds. The van der Waals surface area contributed by atoms with Gasteiger partial charge >= 0.3 is 0 Å². The van der Waals surface area contributed by atoms with Gasteiger partial charge in [-0.25, -0.2) is 4.39 Å². The van der Waals surface area contributed by atoms with Crippen LogP contribution in [0, 0.1) is 12.7 Å². The molecule has 0 saturated heterocycles. The lowest BCUT2D eigenvalue weighted by atomic mass is 10.1. The van der Waals surface area contributed by atoms with Crippen LogP contribution in [0.3, 0.4) is 0 Å². The summed E-state index contributed by atoms with van der Waals surface area (Å²) in [5.74, 6) is -0.236. The first-order chi connectivity index (χ1) is 7.81. The predicted molar refractivity (Wildman–Crippen MR) is 63.3 cm³/mol. The Morgan fingerprint density at radius 3 is 2.56 bits per heavy atom. The van der Waals surface area contributed by atoms with E-state index in [9.17, 15) is 4.39 Å². The van der Waals surface area contributed by atoms with Crippen LogP contribution >= 0.6 is 0 Å². The van der Waals surface area contributed by atoms with Crippen LogP contribution in [0.1, 0.15) is 12.0 Å². The summed E-state index contributed by atoms with van der Waals surface area (Å²) < 4.78 is 13.5. The number of benzene rings is 1. The van der Waals surface area contributed by atoms with Crippen molar-refractivity contribution in [3.63, 3.8) is 0 Å². The van der Waals surface area contributed by atoms with E-state index in [1.807, 2.05) is 18.2 Å². The second-order valence-corrected chi connectivity index (χ2v) is 3.64. The molecule has 81 valence electrons. The zero-order valence-electron chi connectivity index (χ0n) is 8.99. The number of halogens is 1. The Morgan fingerprint density at radius 1 is 1.12 bits per heavy atom. The van der Waals surface area contributed by atoms with Gasteiger partial charge in [-0.3, -0.25) is 4.98 Å². The van der Waals surface area contributed by atoms with Gasteiger partial charge in [-0.15, -0.1) is 0 Å². The van der Waals surface area contributed by atoms with Crippen LogP contribution in [0.2, 0.25) is 0 Å². The Hall–Kier alpha value is -1.70. The third-order valence-electron chi connectivity index (χ3n) is 2.44. The van der Waals surface area contributed by atoms with E-state index in [0.29, 0.717) is 11.3 Å². The first-order valence-electron chi connectivity index (χ1n) is 5.30. The zero-order chi connectivity index (χ0) is 11.4. The Morgan fingerprint density at radius 2 is 1.94 bits per heavy atom. The third kappa shape index (κ3) is 2.27. The van der Waals surface area contributed by atoms with Gasteiger partial charge in [0, 0.05) is 11.8 Å². The molecule has 0 bridgehead atoms. The Bertz CT molecular complexity index is 462. The van der Waals surface area contributed by atoms with E-state index in [1.54, 1.807) is 18.3 Å². The average molecular weight is 214 g/mol. The maximum atomic E-state index is 13.5. The van der Waals surface area contributed by atoms with E-state index < -0.39 is 0 Å². The summed E-state index contributed by atoms with van der Waals surface area (Å²) in [4.78, 5) is 4.26. The van der Waals surface area contributed by atoms with Gasteiger partial charge in [0.15, 0.2) is 0 Å². The quantitative estimate of drug-likeness (QED) is 0.759. The third-order valence-corrected chi connectivity index (χ3v) is 2.44. The minimum Gasteiger partial charge on any atom is -0.256 e. The number of aromatic nitrogens is 1. The summed E-state index contributed by atoms with van der Waals surface area (Å²) in [6.45, 7) is 3.79. The highest BCUT2D eigenvalue weighted by Crippen LogP contribution is 2.20. The first kappa shape index (κ1) is 10.8. The lowest BCUT2D eigenvalue weighted by Gasteiger charge is -2.03. The van der Waals surface area contributed by atoms with E-state index in [0.717, 1.165) is 18.4 Å². The fourth-order valence-corrected chi connectivity index (χ4v) is 1.60. The van der Waals surface area contributed by atoms with Crippen molar-refractivity contribution in [2.24, 2.45) is 0 Å². The molecule has 0 aliphatic carbocycles. The van der Waals surface area contributed by atoms with Crippen LogP contribution in [0.15, 0.2) is 42.6 Å². The lowest BCUT2D eigenvalue weighted by molar-refractivity contribution is 0.630. The van der Waals surface area contributed by atoms with E-state index in [2.05, 4.69) is 11.9 Å². The number of aryl methyl sites for hydroxylation is 1. The van der Waals surface area contributed by atoms with Crippen LogP contribution in [-0.4, -0.2) is 4.98 Å². The van der Waals surface area contributed by atoms with Crippen LogP contribution in [0.25, 0.3) is 11.3 Å². The van der Waals surface area contributed by atoms with Crippen LogP contribution in [0.5, 0.6) is 0 Å². The summed E-state index contributed by atoms with van der Waals surface area (Å²) in [5, 5.41) is 0. The molecule has 1 aromatic heterocycles. The van der Waals surface area contributed by atoms with E-state index in [1.165, 1.54) is 6.07 Å². The molecule has 2 aromatic rings. The molecule has 16 heavy (non-hydrogen) atoms. The van der Waals surface area contributed by atoms with Crippen molar-refractivity contribution < 1.29 is 4.39 Å². The first-order valence-corrected chi connectivity index (χ1v) is 5.30. The summed E-state index contributed by atoms with van der Waals surface area (Å²) in [6, 6.07) is 10.5. The van der Waals surface area contributed by atoms with Crippen molar-refractivity contribution in [1.82, 2.24) is 4.98 Å². The molecule has 0 aliphatic rings. The van der Waals surface area contributed by atoms with Crippen LogP contribution < -0.4 is 0 Å². The Labute approximate surface area is 95.0 Å². The smallest absolute Gasteiger partial charge is 0.132 e. The van der Waals surface area contributed by atoms with E-state index in [-0.39, 0.29) is 5.82 Å².